The van der Waals surface area contributed by atoms with Crippen LogP contribution in [0, 0.1) is 5.82 Å². The summed E-state index contributed by atoms with van der Waals surface area (Å²) in [6.45, 7) is 2.90. The van der Waals surface area contributed by atoms with Gasteiger partial charge in [-0.15, -0.1) is 0 Å². The lowest BCUT2D eigenvalue weighted by molar-refractivity contribution is 0.0694. The molecular weight excluding hydrogens is 341 g/mol. The Hall–Kier alpha value is -2.61. The molecule has 1 atom stereocenters. The molecule has 1 unspecified atom stereocenters. The van der Waals surface area contributed by atoms with Crippen LogP contribution in [0.4, 0.5) is 15.8 Å². The summed E-state index contributed by atoms with van der Waals surface area (Å²) in [7, 11) is 0. The van der Waals surface area contributed by atoms with Crippen LogP contribution in [-0.4, -0.2) is 39.9 Å². The molecule has 138 valence electrons. The van der Waals surface area contributed by atoms with Crippen molar-refractivity contribution in [3.63, 3.8) is 0 Å². The Morgan fingerprint density at radius 1 is 1.35 bits per heavy atom. The maximum Gasteiger partial charge on any atom is 0.341 e. The summed E-state index contributed by atoms with van der Waals surface area (Å²) >= 11 is 0. The number of nitrogens with zero attached hydrogens (tertiary/aromatic N) is 2. The number of piperidine rings is 1. The van der Waals surface area contributed by atoms with E-state index in [1.165, 1.54) is 6.20 Å². The molecule has 1 aromatic heterocycles. The van der Waals surface area contributed by atoms with Crippen LogP contribution in [0.5, 0.6) is 0 Å². The molecule has 0 bridgehead atoms. The molecule has 4 N–H and O–H groups in total. The van der Waals surface area contributed by atoms with Crippen LogP contribution < -0.4 is 16.1 Å². The summed E-state index contributed by atoms with van der Waals surface area (Å²) < 4.78 is 16.9. The summed E-state index contributed by atoms with van der Waals surface area (Å²) in [4.78, 5) is 25.9. The van der Waals surface area contributed by atoms with Crippen LogP contribution in [0.3, 0.4) is 0 Å². The normalized spacial score (nSPS) is 20.1. The number of halogens is 1. The maximum absolute atomic E-state index is 15.2. The second-order valence-corrected chi connectivity index (χ2v) is 7.13. The zero-order chi connectivity index (χ0) is 18.7. The molecule has 2 aliphatic rings. The predicted molar refractivity (Wildman–Crippen MR) is 95.4 cm³/mol. The van der Waals surface area contributed by atoms with E-state index in [9.17, 15) is 19.8 Å². The van der Waals surface area contributed by atoms with Gasteiger partial charge in [0.25, 0.3) is 0 Å². The molecule has 0 amide bonds. The van der Waals surface area contributed by atoms with E-state index in [1.54, 1.807) is 4.57 Å². The number of carboxylic acid groups (broad SMARTS) is 1. The zero-order valence-electron chi connectivity index (χ0n) is 14.3. The minimum Gasteiger partial charge on any atom is -0.477 e. The average molecular weight is 361 g/mol. The number of aliphatic hydroxyl groups is 1. The predicted octanol–water partition coefficient (Wildman–Crippen LogP) is 1.50. The first kappa shape index (κ1) is 16.8. The van der Waals surface area contributed by atoms with E-state index in [0.29, 0.717) is 49.1 Å². The van der Waals surface area contributed by atoms with Crippen molar-refractivity contribution in [2.75, 3.05) is 23.7 Å². The van der Waals surface area contributed by atoms with Gasteiger partial charge in [0.1, 0.15) is 5.56 Å². The quantitative estimate of drug-likeness (QED) is 0.700. The van der Waals surface area contributed by atoms with Gasteiger partial charge in [0.2, 0.25) is 5.43 Å². The fourth-order valence-electron chi connectivity index (χ4n) is 4.18. The van der Waals surface area contributed by atoms with Crippen LogP contribution >= 0.6 is 0 Å². The molecule has 26 heavy (non-hydrogen) atoms. The van der Waals surface area contributed by atoms with Gasteiger partial charge in [0.05, 0.1) is 28.4 Å². The molecule has 1 saturated heterocycles. The number of benzene rings is 1. The van der Waals surface area contributed by atoms with Crippen molar-refractivity contribution in [3.05, 3.63) is 33.4 Å². The smallest absolute Gasteiger partial charge is 0.341 e. The van der Waals surface area contributed by atoms with E-state index >= 15 is 4.39 Å². The summed E-state index contributed by atoms with van der Waals surface area (Å²) in [6.07, 6.45) is 2.50. The molecule has 0 radical (unpaired) electrons. The van der Waals surface area contributed by atoms with Gasteiger partial charge in [0.15, 0.2) is 5.82 Å². The lowest BCUT2D eigenvalue weighted by Gasteiger charge is -2.33. The molecule has 0 saturated carbocycles. The number of rotatable bonds is 2. The molecule has 8 heteroatoms. The van der Waals surface area contributed by atoms with E-state index in [4.69, 9.17) is 5.73 Å². The Balaban J connectivity index is 2.04. The number of nitrogens with two attached hydrogens (primary N) is 1. The number of aliphatic hydroxyl groups excluding tert-OH is 1. The number of nitrogen functional groups attached to an aromatic ring is 1. The molecule has 0 aliphatic carbocycles. The highest BCUT2D eigenvalue weighted by molar-refractivity contribution is 6.02. The molecule has 0 spiro atoms. The number of anilines is 2. The molecule has 2 aromatic rings. The van der Waals surface area contributed by atoms with Crippen LogP contribution in [0.2, 0.25) is 0 Å². The fourth-order valence-corrected chi connectivity index (χ4v) is 4.18. The zero-order valence-corrected chi connectivity index (χ0v) is 14.3. The highest BCUT2D eigenvalue weighted by Crippen LogP contribution is 2.43. The van der Waals surface area contributed by atoms with Gasteiger partial charge in [-0.25, -0.2) is 9.18 Å². The van der Waals surface area contributed by atoms with E-state index in [1.807, 2.05) is 11.8 Å². The second-order valence-electron chi connectivity index (χ2n) is 7.13. The molecule has 2 aliphatic heterocycles. The molecule has 7 nitrogen and oxygen atoms in total. The third kappa shape index (κ3) is 2.21. The van der Waals surface area contributed by atoms with E-state index in [-0.39, 0.29) is 17.1 Å². The number of aromatic carboxylic acids is 1. The summed E-state index contributed by atoms with van der Waals surface area (Å²) in [5.41, 5.74) is 6.10. The Bertz CT molecular complexity index is 993. The van der Waals surface area contributed by atoms with E-state index in [2.05, 4.69) is 0 Å². The van der Waals surface area contributed by atoms with Crippen LogP contribution in [-0.2, 0) is 6.42 Å². The molecule has 4 rings (SSSR count). The third-order valence-electron chi connectivity index (χ3n) is 5.51. The number of carbonyl (C=O) groups is 1. The number of aromatic nitrogens is 1. The van der Waals surface area contributed by atoms with Crippen molar-refractivity contribution in [1.82, 2.24) is 4.57 Å². The average Bonchev–Trinajstić information content (AvgIpc) is 2.91. The van der Waals surface area contributed by atoms with Gasteiger partial charge in [-0.2, -0.15) is 0 Å². The number of carboxylic acids is 1. The summed E-state index contributed by atoms with van der Waals surface area (Å²) in [5, 5.41) is 19.0. The third-order valence-corrected chi connectivity index (χ3v) is 5.51. The highest BCUT2D eigenvalue weighted by atomic mass is 19.1. The van der Waals surface area contributed by atoms with Crippen LogP contribution in [0.1, 0.15) is 41.7 Å². The minimum atomic E-state index is -1.35. The van der Waals surface area contributed by atoms with Crippen molar-refractivity contribution in [2.24, 2.45) is 0 Å². The standard InChI is InChI=1S/C18H20FN3O4/c1-8-6-10-15-12(17(24)11(18(25)26)7-22(8)15)14(20)13(19)16(10)21-4-2-9(23)3-5-21/h7-9,23H,2-6,20H2,1H3,(H,25,26). The van der Waals surface area contributed by atoms with Crippen molar-refractivity contribution >= 4 is 28.2 Å². The van der Waals surface area contributed by atoms with Crippen LogP contribution in [0.15, 0.2) is 11.0 Å². The van der Waals surface area contributed by atoms with E-state index < -0.39 is 28.9 Å². The lowest BCUT2D eigenvalue weighted by Crippen LogP contribution is -2.37. The summed E-state index contributed by atoms with van der Waals surface area (Å²) in [5.74, 6) is -2.03. The van der Waals surface area contributed by atoms with Crippen molar-refractivity contribution < 1.29 is 19.4 Å². The Morgan fingerprint density at radius 2 is 2.00 bits per heavy atom. The first-order valence-corrected chi connectivity index (χ1v) is 8.66. The van der Waals surface area contributed by atoms with Crippen molar-refractivity contribution in [2.45, 2.75) is 38.3 Å². The largest absolute Gasteiger partial charge is 0.477 e. The van der Waals surface area contributed by atoms with Crippen LogP contribution in [0.25, 0.3) is 10.9 Å². The number of hydrogen-bond donors (Lipinski definition) is 3. The van der Waals surface area contributed by atoms with Gasteiger partial charge in [-0.3, -0.25) is 4.79 Å². The number of hydrogen-bond acceptors (Lipinski definition) is 5. The second kappa shape index (κ2) is 5.70. The Kier molecular flexibility index (Phi) is 3.69. The first-order valence-electron chi connectivity index (χ1n) is 8.66. The maximum atomic E-state index is 15.2. The van der Waals surface area contributed by atoms with Gasteiger partial charge in [-0.1, -0.05) is 0 Å². The Labute approximate surface area is 148 Å². The first-order chi connectivity index (χ1) is 12.3. The molecular formula is C18H20FN3O4. The number of pyridine rings is 1. The summed E-state index contributed by atoms with van der Waals surface area (Å²) in [6, 6.07) is -0.110. The van der Waals surface area contributed by atoms with Crippen molar-refractivity contribution in [3.8, 4) is 0 Å². The molecule has 1 aromatic carbocycles. The van der Waals surface area contributed by atoms with Gasteiger partial charge in [0, 0.05) is 30.9 Å². The topological polar surface area (TPSA) is 109 Å². The highest BCUT2D eigenvalue weighted by Gasteiger charge is 2.33. The molecule has 1 fully saturated rings. The Morgan fingerprint density at radius 3 is 2.62 bits per heavy atom. The van der Waals surface area contributed by atoms with Gasteiger partial charge < -0.3 is 25.4 Å². The monoisotopic (exact) mass is 361 g/mol. The molecule has 3 heterocycles. The van der Waals surface area contributed by atoms with Gasteiger partial charge >= 0.3 is 5.97 Å². The van der Waals surface area contributed by atoms with E-state index in [0.717, 1.165) is 0 Å². The van der Waals surface area contributed by atoms with Crippen molar-refractivity contribution in [1.29, 1.82) is 0 Å². The minimum absolute atomic E-state index is 0.0532. The van der Waals surface area contributed by atoms with Gasteiger partial charge in [-0.05, 0) is 26.2 Å². The SMILES string of the molecule is CC1Cc2c(N3CCC(O)CC3)c(F)c(N)c3c(=O)c(C(=O)O)cn1c23. The lowest BCUT2D eigenvalue weighted by atomic mass is 9.99. The fraction of sp³-hybridized carbons (Fsp3) is 0.444.